The molecular weight excluding hydrogens is 491 g/mol. The molecule has 9 heteroatoms. The molecule has 0 spiro atoms. The van der Waals surface area contributed by atoms with Gasteiger partial charge in [-0.1, -0.05) is 25.0 Å². The van der Waals surface area contributed by atoms with Crippen LogP contribution in [-0.4, -0.2) is 41.7 Å². The zero-order chi connectivity index (χ0) is 26.2. The molecule has 1 aliphatic carbocycles. The number of hydrogen-bond acceptors (Lipinski definition) is 6. The SMILES string of the molecule is Fc1cccc(-c2ccnc3[nH]c(-c4n[nH]c5ncc(-c6cncc(CNCC7CCCC7)c6)cc45)nc23)c1. The van der Waals surface area contributed by atoms with Crippen LogP contribution < -0.4 is 5.32 Å². The van der Waals surface area contributed by atoms with E-state index in [0.717, 1.165) is 52.2 Å². The second-order valence-electron chi connectivity index (χ2n) is 10.2. The predicted octanol–water partition coefficient (Wildman–Crippen LogP) is 6.04. The molecule has 0 amide bonds. The van der Waals surface area contributed by atoms with Gasteiger partial charge in [-0.25, -0.2) is 19.3 Å². The Morgan fingerprint density at radius 2 is 1.82 bits per heavy atom. The van der Waals surface area contributed by atoms with Gasteiger partial charge < -0.3 is 10.3 Å². The quantitative estimate of drug-likeness (QED) is 0.238. The van der Waals surface area contributed by atoms with E-state index in [9.17, 15) is 4.39 Å². The minimum atomic E-state index is -0.298. The molecule has 194 valence electrons. The predicted molar refractivity (Wildman–Crippen MR) is 149 cm³/mol. The number of benzene rings is 1. The number of halogens is 1. The average molecular weight is 519 g/mol. The summed E-state index contributed by atoms with van der Waals surface area (Å²) < 4.78 is 13.9. The summed E-state index contributed by atoms with van der Waals surface area (Å²) in [5, 5.41) is 12.0. The Labute approximate surface area is 224 Å². The first-order valence-corrected chi connectivity index (χ1v) is 13.3. The Bertz CT molecular complexity index is 1780. The smallest absolute Gasteiger partial charge is 0.161 e. The molecule has 6 aromatic rings. The van der Waals surface area contributed by atoms with Crippen LogP contribution in [0.4, 0.5) is 4.39 Å². The molecule has 0 bridgehead atoms. The molecule has 1 aromatic carbocycles. The largest absolute Gasteiger partial charge is 0.321 e. The van der Waals surface area contributed by atoms with Gasteiger partial charge in [-0.15, -0.1) is 0 Å². The topological polar surface area (TPSA) is 108 Å². The van der Waals surface area contributed by atoms with Crippen molar-refractivity contribution in [3.05, 3.63) is 78.6 Å². The third kappa shape index (κ3) is 4.66. The van der Waals surface area contributed by atoms with Crippen molar-refractivity contribution in [1.82, 2.24) is 40.4 Å². The molecule has 5 aromatic heterocycles. The summed E-state index contributed by atoms with van der Waals surface area (Å²) in [5.41, 5.74) is 7.19. The lowest BCUT2D eigenvalue weighted by Gasteiger charge is -2.11. The van der Waals surface area contributed by atoms with E-state index in [1.54, 1.807) is 12.3 Å². The summed E-state index contributed by atoms with van der Waals surface area (Å²) >= 11 is 0. The van der Waals surface area contributed by atoms with Crippen LogP contribution in [0.1, 0.15) is 31.2 Å². The summed E-state index contributed by atoms with van der Waals surface area (Å²) in [4.78, 5) is 21.7. The van der Waals surface area contributed by atoms with Crippen molar-refractivity contribution in [2.24, 2.45) is 5.92 Å². The fourth-order valence-corrected chi connectivity index (χ4v) is 5.53. The lowest BCUT2D eigenvalue weighted by Crippen LogP contribution is -2.20. The maximum absolute atomic E-state index is 13.9. The fourth-order valence-electron chi connectivity index (χ4n) is 5.53. The highest BCUT2D eigenvalue weighted by Gasteiger charge is 2.18. The van der Waals surface area contributed by atoms with Crippen LogP contribution in [0.25, 0.3) is 56.0 Å². The third-order valence-electron chi connectivity index (χ3n) is 7.53. The van der Waals surface area contributed by atoms with Crippen LogP contribution >= 0.6 is 0 Å². The van der Waals surface area contributed by atoms with Gasteiger partial charge in [0.1, 0.15) is 17.0 Å². The first-order valence-electron chi connectivity index (χ1n) is 13.3. The molecule has 39 heavy (non-hydrogen) atoms. The van der Waals surface area contributed by atoms with Crippen LogP contribution in [0.15, 0.2) is 67.3 Å². The first kappa shape index (κ1) is 23.6. The van der Waals surface area contributed by atoms with Gasteiger partial charge in [-0.05, 0) is 66.8 Å². The summed E-state index contributed by atoms with van der Waals surface area (Å²) in [6.45, 7) is 1.85. The van der Waals surface area contributed by atoms with Gasteiger partial charge in [0, 0.05) is 48.0 Å². The number of aromatic nitrogens is 7. The molecule has 5 heterocycles. The zero-order valence-electron chi connectivity index (χ0n) is 21.3. The number of H-pyrrole nitrogens is 2. The number of pyridine rings is 3. The van der Waals surface area contributed by atoms with Crippen molar-refractivity contribution in [2.45, 2.75) is 32.2 Å². The molecule has 7 rings (SSSR count). The Balaban J connectivity index is 1.20. The molecule has 0 aliphatic heterocycles. The van der Waals surface area contributed by atoms with E-state index < -0.39 is 0 Å². The monoisotopic (exact) mass is 518 g/mol. The van der Waals surface area contributed by atoms with Crippen molar-refractivity contribution in [3.63, 3.8) is 0 Å². The van der Waals surface area contributed by atoms with Crippen LogP contribution in [0.2, 0.25) is 0 Å². The van der Waals surface area contributed by atoms with Crippen LogP contribution in [0.3, 0.4) is 0 Å². The molecule has 0 radical (unpaired) electrons. The Kier molecular flexibility index (Phi) is 6.05. The summed E-state index contributed by atoms with van der Waals surface area (Å²) in [7, 11) is 0. The number of nitrogens with zero attached hydrogens (tertiary/aromatic N) is 5. The minimum Gasteiger partial charge on any atom is -0.321 e. The Morgan fingerprint density at radius 3 is 2.72 bits per heavy atom. The van der Waals surface area contributed by atoms with E-state index in [2.05, 4.69) is 47.6 Å². The maximum atomic E-state index is 13.9. The number of rotatable bonds is 7. The third-order valence-corrected chi connectivity index (χ3v) is 7.53. The van der Waals surface area contributed by atoms with Crippen molar-refractivity contribution in [1.29, 1.82) is 0 Å². The molecule has 0 saturated heterocycles. The van der Waals surface area contributed by atoms with Gasteiger partial charge in [-0.3, -0.25) is 10.1 Å². The molecule has 8 nitrogen and oxygen atoms in total. The van der Waals surface area contributed by atoms with Crippen LogP contribution in [0.5, 0.6) is 0 Å². The highest BCUT2D eigenvalue weighted by molar-refractivity contribution is 5.96. The minimum absolute atomic E-state index is 0.298. The standard InChI is InChI=1S/C30H27FN8/c31-23-7-3-6-20(11-23)24-8-9-34-29-26(24)36-30(37-29)27-25-12-22(17-35-28(25)39-38-27)21-10-19(15-33-16-21)14-32-13-18-4-1-2-5-18/h3,6-12,15-18,32H,1-2,4-5,13-14H2,(H,34,36,37)(H,35,38,39). The first-order chi connectivity index (χ1) is 19.2. The van der Waals surface area contributed by atoms with Crippen LogP contribution in [0, 0.1) is 11.7 Å². The molecular formula is C30H27FN8. The summed E-state index contributed by atoms with van der Waals surface area (Å²) in [5.74, 6) is 1.06. The molecule has 1 saturated carbocycles. The van der Waals surface area contributed by atoms with Crippen LogP contribution in [-0.2, 0) is 6.54 Å². The van der Waals surface area contributed by atoms with Crippen molar-refractivity contribution < 1.29 is 4.39 Å². The summed E-state index contributed by atoms with van der Waals surface area (Å²) in [6.07, 6.45) is 12.7. The van der Waals surface area contributed by atoms with E-state index in [1.165, 1.54) is 37.8 Å². The molecule has 3 N–H and O–H groups in total. The number of fused-ring (bicyclic) bond motifs is 2. The van der Waals surface area contributed by atoms with E-state index in [0.29, 0.717) is 28.3 Å². The van der Waals surface area contributed by atoms with E-state index in [1.807, 2.05) is 30.7 Å². The van der Waals surface area contributed by atoms with Gasteiger partial charge in [0.25, 0.3) is 0 Å². The van der Waals surface area contributed by atoms with Crippen molar-refractivity contribution in [3.8, 4) is 33.8 Å². The number of imidazole rings is 1. The molecule has 1 fully saturated rings. The van der Waals surface area contributed by atoms with Gasteiger partial charge in [0.2, 0.25) is 0 Å². The second-order valence-corrected chi connectivity index (χ2v) is 10.2. The molecule has 1 aliphatic rings. The highest BCUT2D eigenvalue weighted by Crippen LogP contribution is 2.32. The lowest BCUT2D eigenvalue weighted by molar-refractivity contribution is 0.489. The maximum Gasteiger partial charge on any atom is 0.161 e. The Morgan fingerprint density at radius 1 is 0.923 bits per heavy atom. The van der Waals surface area contributed by atoms with E-state index in [-0.39, 0.29) is 5.82 Å². The number of nitrogens with one attached hydrogen (secondary N) is 3. The number of aromatic amines is 2. The van der Waals surface area contributed by atoms with Crippen molar-refractivity contribution >= 4 is 22.2 Å². The van der Waals surface area contributed by atoms with E-state index >= 15 is 0 Å². The normalized spacial score (nSPS) is 14.1. The van der Waals surface area contributed by atoms with E-state index in [4.69, 9.17) is 4.98 Å². The molecule has 0 unspecified atom stereocenters. The van der Waals surface area contributed by atoms with Gasteiger partial charge in [0.05, 0.1) is 5.39 Å². The zero-order valence-corrected chi connectivity index (χ0v) is 21.3. The molecule has 0 atom stereocenters. The highest BCUT2D eigenvalue weighted by atomic mass is 19.1. The Hall–Kier alpha value is -4.50. The number of hydrogen-bond donors (Lipinski definition) is 3. The van der Waals surface area contributed by atoms with Gasteiger partial charge in [-0.2, -0.15) is 5.10 Å². The summed E-state index contributed by atoms with van der Waals surface area (Å²) in [6, 6.07) is 12.5. The van der Waals surface area contributed by atoms with Crippen molar-refractivity contribution in [2.75, 3.05) is 6.54 Å². The average Bonchev–Trinajstić information content (AvgIpc) is 3.72. The second kappa shape index (κ2) is 9.99. The fraction of sp³-hybridized carbons (Fsp3) is 0.233. The lowest BCUT2D eigenvalue weighted by atomic mass is 10.1. The van der Waals surface area contributed by atoms with Gasteiger partial charge >= 0.3 is 0 Å². The van der Waals surface area contributed by atoms with Gasteiger partial charge in [0.15, 0.2) is 17.1 Å².